The summed E-state index contributed by atoms with van der Waals surface area (Å²) in [6, 6.07) is 0. The summed E-state index contributed by atoms with van der Waals surface area (Å²) < 4.78 is 30.1. The van der Waals surface area contributed by atoms with Crippen molar-refractivity contribution in [2.75, 3.05) is 5.75 Å². The summed E-state index contributed by atoms with van der Waals surface area (Å²) in [7, 11) is -3.76. The molecule has 0 amide bonds. The highest BCUT2D eigenvalue weighted by Gasteiger charge is 2.48. The van der Waals surface area contributed by atoms with Crippen molar-refractivity contribution in [3.8, 4) is 0 Å². The third-order valence-corrected chi connectivity index (χ3v) is 5.53. The Balaban J connectivity index is 1.93. The molecule has 0 heterocycles. The van der Waals surface area contributed by atoms with Gasteiger partial charge in [-0.3, -0.25) is 4.55 Å². The molecule has 5 atom stereocenters. The van der Waals surface area contributed by atoms with Crippen molar-refractivity contribution in [1.82, 2.24) is 0 Å². The number of rotatable bonds is 3. The molecule has 0 aromatic rings. The van der Waals surface area contributed by atoms with Crippen LogP contribution in [-0.4, -0.2) is 18.7 Å². The molecule has 0 aromatic carbocycles. The van der Waals surface area contributed by atoms with Gasteiger partial charge in [0.15, 0.2) is 0 Å². The standard InChI is InChI=1S/C11H20O3S/c1-7-8(2)11-6-10(7)5-9(11)3-4-15(12,13)14/h7-11H,3-6H2,1-2H3,(H,12,13,14). The molecule has 2 fully saturated rings. The van der Waals surface area contributed by atoms with Crippen LogP contribution in [0.1, 0.15) is 33.1 Å². The Morgan fingerprint density at radius 1 is 1.20 bits per heavy atom. The van der Waals surface area contributed by atoms with E-state index in [1.807, 2.05) is 0 Å². The lowest BCUT2D eigenvalue weighted by Crippen LogP contribution is -2.25. The van der Waals surface area contributed by atoms with Gasteiger partial charge in [-0.1, -0.05) is 13.8 Å². The van der Waals surface area contributed by atoms with Crippen molar-refractivity contribution in [2.24, 2.45) is 29.6 Å². The summed E-state index contributed by atoms with van der Waals surface area (Å²) in [5.41, 5.74) is 0. The van der Waals surface area contributed by atoms with Crippen LogP contribution in [-0.2, 0) is 10.1 Å². The molecule has 2 aliphatic rings. The van der Waals surface area contributed by atoms with Crippen molar-refractivity contribution in [2.45, 2.75) is 33.1 Å². The molecule has 0 radical (unpaired) electrons. The lowest BCUT2D eigenvalue weighted by molar-refractivity contribution is 0.185. The van der Waals surface area contributed by atoms with Gasteiger partial charge in [0.1, 0.15) is 0 Å². The van der Waals surface area contributed by atoms with E-state index in [0.717, 1.165) is 17.8 Å². The summed E-state index contributed by atoms with van der Waals surface area (Å²) >= 11 is 0. The Morgan fingerprint density at radius 3 is 2.33 bits per heavy atom. The highest BCUT2D eigenvalue weighted by molar-refractivity contribution is 7.85. The van der Waals surface area contributed by atoms with Crippen LogP contribution in [0.5, 0.6) is 0 Å². The normalized spacial score (nSPS) is 44.9. The predicted octanol–water partition coefficient (Wildman–Crippen LogP) is 2.19. The van der Waals surface area contributed by atoms with Crippen molar-refractivity contribution in [3.05, 3.63) is 0 Å². The fourth-order valence-electron chi connectivity index (χ4n) is 3.73. The van der Waals surface area contributed by atoms with E-state index in [0.29, 0.717) is 18.3 Å². The lowest BCUT2D eigenvalue weighted by atomic mass is 9.75. The fraction of sp³-hybridized carbons (Fsp3) is 1.00. The molecule has 2 rings (SSSR count). The van der Waals surface area contributed by atoms with E-state index < -0.39 is 10.1 Å². The van der Waals surface area contributed by atoms with Crippen LogP contribution in [0.15, 0.2) is 0 Å². The second-order valence-corrected chi connectivity index (χ2v) is 7.02. The molecule has 88 valence electrons. The number of fused-ring (bicyclic) bond motifs is 2. The van der Waals surface area contributed by atoms with Gasteiger partial charge < -0.3 is 0 Å². The van der Waals surface area contributed by atoms with Gasteiger partial charge in [0.05, 0.1) is 5.75 Å². The zero-order valence-electron chi connectivity index (χ0n) is 9.39. The van der Waals surface area contributed by atoms with Gasteiger partial charge in [-0.2, -0.15) is 8.42 Å². The van der Waals surface area contributed by atoms with Gasteiger partial charge in [-0.25, -0.2) is 0 Å². The maximum Gasteiger partial charge on any atom is 0.264 e. The smallest absolute Gasteiger partial charge is 0.264 e. The van der Waals surface area contributed by atoms with E-state index in [1.54, 1.807) is 0 Å². The van der Waals surface area contributed by atoms with Gasteiger partial charge in [0, 0.05) is 0 Å². The Kier molecular flexibility index (Phi) is 2.84. The summed E-state index contributed by atoms with van der Waals surface area (Å²) in [4.78, 5) is 0. The molecule has 0 aromatic heterocycles. The second kappa shape index (κ2) is 3.74. The first-order valence-electron chi connectivity index (χ1n) is 5.83. The summed E-state index contributed by atoms with van der Waals surface area (Å²) in [6.45, 7) is 4.60. The van der Waals surface area contributed by atoms with E-state index in [1.165, 1.54) is 12.8 Å². The van der Waals surface area contributed by atoms with Crippen molar-refractivity contribution >= 4 is 10.1 Å². The SMILES string of the molecule is CC1C2CC(CCS(=O)(=O)O)C(C2)C1C. The van der Waals surface area contributed by atoms with Crippen LogP contribution < -0.4 is 0 Å². The molecule has 4 heteroatoms. The first kappa shape index (κ1) is 11.4. The van der Waals surface area contributed by atoms with Gasteiger partial charge in [0.25, 0.3) is 10.1 Å². The van der Waals surface area contributed by atoms with Crippen LogP contribution in [0, 0.1) is 29.6 Å². The molecule has 0 saturated heterocycles. The van der Waals surface area contributed by atoms with E-state index in [4.69, 9.17) is 4.55 Å². The van der Waals surface area contributed by atoms with Crippen LogP contribution in [0.3, 0.4) is 0 Å². The minimum Gasteiger partial charge on any atom is -0.286 e. The molecule has 5 unspecified atom stereocenters. The largest absolute Gasteiger partial charge is 0.286 e. The second-order valence-electron chi connectivity index (χ2n) is 5.45. The quantitative estimate of drug-likeness (QED) is 0.759. The van der Waals surface area contributed by atoms with Crippen molar-refractivity contribution in [1.29, 1.82) is 0 Å². The average molecular weight is 232 g/mol. The van der Waals surface area contributed by atoms with E-state index in [9.17, 15) is 8.42 Å². The Labute approximate surface area is 92.0 Å². The van der Waals surface area contributed by atoms with Gasteiger partial charge in [0.2, 0.25) is 0 Å². The van der Waals surface area contributed by atoms with E-state index in [-0.39, 0.29) is 5.75 Å². The van der Waals surface area contributed by atoms with Crippen molar-refractivity contribution in [3.63, 3.8) is 0 Å². The first-order valence-corrected chi connectivity index (χ1v) is 7.44. The Hall–Kier alpha value is -0.0900. The molecule has 1 N–H and O–H groups in total. The highest BCUT2D eigenvalue weighted by atomic mass is 32.2. The molecule has 2 bridgehead atoms. The van der Waals surface area contributed by atoms with Gasteiger partial charge in [-0.05, 0) is 48.9 Å². The Bertz CT molecular complexity index is 334. The summed E-state index contributed by atoms with van der Waals surface area (Å²) in [5.74, 6) is 3.51. The molecule has 2 saturated carbocycles. The van der Waals surface area contributed by atoms with Crippen molar-refractivity contribution < 1.29 is 13.0 Å². The van der Waals surface area contributed by atoms with E-state index in [2.05, 4.69) is 13.8 Å². The van der Waals surface area contributed by atoms with Crippen LogP contribution in [0.25, 0.3) is 0 Å². The summed E-state index contributed by atoms with van der Waals surface area (Å²) in [6.07, 6.45) is 3.10. The van der Waals surface area contributed by atoms with Crippen LogP contribution >= 0.6 is 0 Å². The van der Waals surface area contributed by atoms with Gasteiger partial charge >= 0.3 is 0 Å². The Morgan fingerprint density at radius 2 is 1.87 bits per heavy atom. The lowest BCUT2D eigenvalue weighted by Gasteiger charge is -2.31. The topological polar surface area (TPSA) is 54.4 Å². The maximum atomic E-state index is 10.7. The summed E-state index contributed by atoms with van der Waals surface area (Å²) in [5, 5.41) is 0. The molecule has 0 spiro atoms. The average Bonchev–Trinajstić information content (AvgIpc) is 2.63. The number of hydrogen-bond donors (Lipinski definition) is 1. The fourth-order valence-corrected chi connectivity index (χ4v) is 4.33. The third-order valence-electron chi connectivity index (χ3n) is 4.78. The monoisotopic (exact) mass is 232 g/mol. The zero-order valence-corrected chi connectivity index (χ0v) is 10.2. The molecule has 0 aliphatic heterocycles. The highest BCUT2D eigenvalue weighted by Crippen LogP contribution is 2.55. The third kappa shape index (κ3) is 2.21. The van der Waals surface area contributed by atoms with Gasteiger partial charge in [-0.15, -0.1) is 0 Å². The molecule has 3 nitrogen and oxygen atoms in total. The zero-order chi connectivity index (χ0) is 11.2. The molecular formula is C11H20O3S. The predicted molar refractivity (Wildman–Crippen MR) is 59.1 cm³/mol. The molecular weight excluding hydrogens is 212 g/mol. The van der Waals surface area contributed by atoms with E-state index >= 15 is 0 Å². The van der Waals surface area contributed by atoms with Crippen LogP contribution in [0.2, 0.25) is 0 Å². The minimum absolute atomic E-state index is 0.0536. The molecule has 15 heavy (non-hydrogen) atoms. The molecule has 2 aliphatic carbocycles. The minimum atomic E-state index is -3.76. The number of hydrogen-bond acceptors (Lipinski definition) is 2. The first-order chi connectivity index (χ1) is 6.88. The van der Waals surface area contributed by atoms with Crippen LogP contribution in [0.4, 0.5) is 0 Å². The maximum absolute atomic E-state index is 10.7.